The maximum atomic E-state index is 12.3. The van der Waals surface area contributed by atoms with E-state index >= 15 is 0 Å². The Kier molecular flexibility index (Phi) is 6.93. The number of β-amino-alcohol motifs (C(OH)–C–C–N with tert-alkyl or cyclic N) is 1. The number of rotatable bonds is 6. The second-order valence-corrected chi connectivity index (χ2v) is 7.64. The Labute approximate surface area is 165 Å². The van der Waals surface area contributed by atoms with Gasteiger partial charge in [-0.25, -0.2) is 0 Å². The van der Waals surface area contributed by atoms with Crippen LogP contribution in [0, 0.1) is 0 Å². The van der Waals surface area contributed by atoms with Crippen LogP contribution in [0.15, 0.2) is 34.2 Å². The summed E-state index contributed by atoms with van der Waals surface area (Å²) < 4.78 is 0. The number of aliphatic hydroxyl groups excluding tert-OH is 1. The fourth-order valence-corrected chi connectivity index (χ4v) is 4.32. The zero-order valence-electron chi connectivity index (χ0n) is 16.1. The van der Waals surface area contributed by atoms with E-state index in [0.717, 1.165) is 50.0 Å². The van der Waals surface area contributed by atoms with Crippen LogP contribution in [0.25, 0.3) is 6.08 Å². The Balaban J connectivity index is 1.62. The number of carbonyl (C=O) groups excluding carboxylic acids is 1. The van der Waals surface area contributed by atoms with Gasteiger partial charge in [0.2, 0.25) is 0 Å². The number of aliphatic hydroxyl groups is 1. The van der Waals surface area contributed by atoms with E-state index in [1.165, 1.54) is 17.4 Å². The molecule has 0 unspecified atom stereocenters. The summed E-state index contributed by atoms with van der Waals surface area (Å²) in [5.74, 6) is -0.152. The molecule has 2 aliphatic rings. The van der Waals surface area contributed by atoms with Gasteiger partial charge in [0.1, 0.15) is 0 Å². The van der Waals surface area contributed by atoms with Crippen LogP contribution in [0.4, 0.5) is 5.69 Å². The SMILES string of the molecule is CCN(CC)c1ccc(/C=C2/SC(N3CCN(CCO)CC3)=NC2=O)cc1. The van der Waals surface area contributed by atoms with Gasteiger partial charge in [0.05, 0.1) is 11.5 Å². The summed E-state index contributed by atoms with van der Waals surface area (Å²) >= 11 is 1.46. The topological polar surface area (TPSA) is 59.4 Å². The van der Waals surface area contributed by atoms with Gasteiger partial charge in [-0.1, -0.05) is 12.1 Å². The normalized spacial score (nSPS) is 19.7. The lowest BCUT2D eigenvalue weighted by atomic mass is 10.2. The van der Waals surface area contributed by atoms with Gasteiger partial charge in [-0.05, 0) is 49.4 Å². The van der Waals surface area contributed by atoms with Gasteiger partial charge >= 0.3 is 0 Å². The first-order chi connectivity index (χ1) is 13.1. The zero-order valence-corrected chi connectivity index (χ0v) is 16.9. The molecule has 7 heteroatoms. The molecule has 1 N–H and O–H groups in total. The molecule has 0 bridgehead atoms. The highest BCUT2D eigenvalue weighted by atomic mass is 32.2. The largest absolute Gasteiger partial charge is 0.395 e. The molecular weight excluding hydrogens is 360 g/mol. The molecule has 0 aliphatic carbocycles. The first-order valence-electron chi connectivity index (χ1n) is 9.60. The quantitative estimate of drug-likeness (QED) is 0.754. The number of amides is 1. The van der Waals surface area contributed by atoms with Crippen LogP contribution >= 0.6 is 11.8 Å². The standard InChI is InChI=1S/C20H28N4O2S/c1-3-23(4-2)17-7-5-16(6-8-17)15-18-19(26)21-20(27-18)24-11-9-22(10-12-24)13-14-25/h5-8,15,25H,3-4,9-14H2,1-2H3/b18-15+. The number of aliphatic imine (C=N–C) groups is 1. The predicted molar refractivity (Wildman–Crippen MR) is 113 cm³/mol. The van der Waals surface area contributed by atoms with Gasteiger partial charge in [0.15, 0.2) is 5.17 Å². The number of hydrogen-bond acceptors (Lipinski definition) is 6. The predicted octanol–water partition coefficient (Wildman–Crippen LogP) is 2.11. The summed E-state index contributed by atoms with van der Waals surface area (Å²) in [5.41, 5.74) is 2.22. The summed E-state index contributed by atoms with van der Waals surface area (Å²) in [5, 5.41) is 9.84. The van der Waals surface area contributed by atoms with Crippen molar-refractivity contribution in [1.29, 1.82) is 0 Å². The summed E-state index contributed by atoms with van der Waals surface area (Å²) in [6.45, 7) is 10.6. The first-order valence-corrected chi connectivity index (χ1v) is 10.4. The third-order valence-electron chi connectivity index (χ3n) is 4.99. The molecule has 1 amide bonds. The Morgan fingerprint density at radius 3 is 2.41 bits per heavy atom. The lowest BCUT2D eigenvalue weighted by Crippen LogP contribution is -2.48. The van der Waals surface area contributed by atoms with Gasteiger partial charge < -0.3 is 14.9 Å². The van der Waals surface area contributed by atoms with Crippen molar-refractivity contribution in [2.45, 2.75) is 13.8 Å². The summed E-state index contributed by atoms with van der Waals surface area (Å²) in [6, 6.07) is 8.32. The lowest BCUT2D eigenvalue weighted by molar-refractivity contribution is -0.113. The van der Waals surface area contributed by atoms with Crippen molar-refractivity contribution in [2.24, 2.45) is 4.99 Å². The molecule has 1 saturated heterocycles. The first kappa shape index (κ1) is 19.9. The minimum atomic E-state index is -0.152. The number of nitrogens with zero attached hydrogens (tertiary/aromatic N) is 4. The van der Waals surface area contributed by atoms with E-state index in [2.05, 4.69) is 57.8 Å². The van der Waals surface area contributed by atoms with Crippen LogP contribution in [0.5, 0.6) is 0 Å². The summed E-state index contributed by atoms with van der Waals surface area (Å²) in [7, 11) is 0. The Morgan fingerprint density at radius 2 is 1.81 bits per heavy atom. The molecule has 0 radical (unpaired) electrons. The number of anilines is 1. The van der Waals surface area contributed by atoms with E-state index < -0.39 is 0 Å². The van der Waals surface area contributed by atoms with Gasteiger partial charge in [-0.3, -0.25) is 9.69 Å². The summed E-state index contributed by atoms with van der Waals surface area (Å²) in [6.07, 6.45) is 1.93. The van der Waals surface area contributed by atoms with E-state index in [1.54, 1.807) is 0 Å². The fourth-order valence-electron chi connectivity index (χ4n) is 3.36. The average molecular weight is 389 g/mol. The van der Waals surface area contributed by atoms with Crippen molar-refractivity contribution in [2.75, 3.05) is 57.3 Å². The molecule has 0 saturated carbocycles. The Bertz CT molecular complexity index is 705. The highest BCUT2D eigenvalue weighted by molar-refractivity contribution is 8.18. The van der Waals surface area contributed by atoms with Crippen molar-refractivity contribution < 1.29 is 9.90 Å². The third kappa shape index (κ3) is 4.91. The second-order valence-electron chi connectivity index (χ2n) is 6.63. The van der Waals surface area contributed by atoms with Crippen LogP contribution < -0.4 is 4.90 Å². The summed E-state index contributed by atoms with van der Waals surface area (Å²) in [4.78, 5) is 23.9. The van der Waals surface area contributed by atoms with Gasteiger partial charge in [0, 0.05) is 51.5 Å². The minimum Gasteiger partial charge on any atom is -0.395 e. The molecular formula is C20H28N4O2S. The fraction of sp³-hybridized carbons (Fsp3) is 0.500. The molecule has 2 heterocycles. The van der Waals surface area contributed by atoms with Crippen LogP contribution in [-0.2, 0) is 4.79 Å². The third-order valence-corrected chi connectivity index (χ3v) is 6.03. The highest BCUT2D eigenvalue weighted by Gasteiger charge is 2.28. The van der Waals surface area contributed by atoms with Gasteiger partial charge in [-0.2, -0.15) is 4.99 Å². The molecule has 6 nitrogen and oxygen atoms in total. The number of hydrogen-bond donors (Lipinski definition) is 1. The zero-order chi connectivity index (χ0) is 19.2. The maximum Gasteiger partial charge on any atom is 0.286 e. The highest BCUT2D eigenvalue weighted by Crippen LogP contribution is 2.31. The maximum absolute atomic E-state index is 12.3. The smallest absolute Gasteiger partial charge is 0.286 e. The molecule has 0 atom stereocenters. The molecule has 0 aromatic heterocycles. The van der Waals surface area contributed by atoms with Crippen molar-refractivity contribution in [3.63, 3.8) is 0 Å². The van der Waals surface area contributed by atoms with E-state index in [0.29, 0.717) is 11.4 Å². The van der Waals surface area contributed by atoms with Crippen molar-refractivity contribution >= 4 is 34.6 Å². The average Bonchev–Trinajstić information content (AvgIpc) is 3.05. The molecule has 27 heavy (non-hydrogen) atoms. The van der Waals surface area contributed by atoms with E-state index in [1.807, 2.05) is 6.08 Å². The van der Waals surface area contributed by atoms with Crippen LogP contribution in [0.3, 0.4) is 0 Å². The van der Waals surface area contributed by atoms with E-state index in [9.17, 15) is 4.79 Å². The van der Waals surface area contributed by atoms with Gasteiger partial charge in [-0.15, -0.1) is 0 Å². The monoisotopic (exact) mass is 388 g/mol. The van der Waals surface area contributed by atoms with Crippen LogP contribution in [0.1, 0.15) is 19.4 Å². The molecule has 0 spiro atoms. The molecule has 146 valence electrons. The number of carbonyl (C=O) groups is 1. The van der Waals surface area contributed by atoms with Gasteiger partial charge in [0.25, 0.3) is 5.91 Å². The molecule has 2 aliphatic heterocycles. The minimum absolute atomic E-state index is 0.152. The number of amidine groups is 1. The van der Waals surface area contributed by atoms with Crippen molar-refractivity contribution in [3.05, 3.63) is 34.7 Å². The number of benzene rings is 1. The Morgan fingerprint density at radius 1 is 1.15 bits per heavy atom. The Hall–Kier alpha value is -1.83. The molecule has 1 aromatic carbocycles. The lowest BCUT2D eigenvalue weighted by Gasteiger charge is -2.34. The van der Waals surface area contributed by atoms with E-state index in [4.69, 9.17) is 5.11 Å². The van der Waals surface area contributed by atoms with E-state index in [-0.39, 0.29) is 12.5 Å². The molecule has 1 aromatic rings. The van der Waals surface area contributed by atoms with Crippen molar-refractivity contribution in [1.82, 2.24) is 9.80 Å². The van der Waals surface area contributed by atoms with Crippen LogP contribution in [-0.4, -0.2) is 78.4 Å². The second kappa shape index (κ2) is 9.39. The van der Waals surface area contributed by atoms with Crippen LogP contribution in [0.2, 0.25) is 0 Å². The molecule has 3 rings (SSSR count). The van der Waals surface area contributed by atoms with Crippen molar-refractivity contribution in [3.8, 4) is 0 Å². The molecule has 1 fully saturated rings. The number of thioether (sulfide) groups is 1. The number of piperazine rings is 1.